The SMILES string of the molecule is CC(=O)NCCCS(=O)(=O)OCC(C)(C)CC(=O)Cl. The zero-order valence-corrected chi connectivity index (χ0v) is 12.9. The summed E-state index contributed by atoms with van der Waals surface area (Å²) in [4.78, 5) is 21.4. The Morgan fingerprint density at radius 1 is 1.32 bits per heavy atom. The van der Waals surface area contributed by atoms with Crippen molar-refractivity contribution in [3.63, 3.8) is 0 Å². The van der Waals surface area contributed by atoms with Gasteiger partial charge in [0.2, 0.25) is 11.1 Å². The first kappa shape index (κ1) is 18.3. The largest absolute Gasteiger partial charge is 0.356 e. The van der Waals surface area contributed by atoms with Crippen LogP contribution in [0.2, 0.25) is 0 Å². The average Bonchev–Trinajstić information content (AvgIpc) is 2.20. The van der Waals surface area contributed by atoms with Gasteiger partial charge in [0.05, 0.1) is 12.4 Å². The summed E-state index contributed by atoms with van der Waals surface area (Å²) in [6, 6.07) is 0. The number of rotatable bonds is 9. The Labute approximate surface area is 119 Å². The van der Waals surface area contributed by atoms with Crippen LogP contribution in [0.1, 0.15) is 33.6 Å². The summed E-state index contributed by atoms with van der Waals surface area (Å²) < 4.78 is 28.0. The minimum absolute atomic E-state index is 0.0377. The Kier molecular flexibility index (Phi) is 7.54. The highest BCUT2D eigenvalue weighted by molar-refractivity contribution is 7.86. The van der Waals surface area contributed by atoms with Crippen molar-refractivity contribution in [2.75, 3.05) is 18.9 Å². The minimum Gasteiger partial charge on any atom is -0.356 e. The predicted molar refractivity (Wildman–Crippen MR) is 72.3 cm³/mol. The van der Waals surface area contributed by atoms with Crippen LogP contribution in [0.5, 0.6) is 0 Å². The van der Waals surface area contributed by atoms with Gasteiger partial charge >= 0.3 is 0 Å². The predicted octanol–water partition coefficient (Wildman–Crippen LogP) is 1.04. The molecule has 112 valence electrons. The minimum atomic E-state index is -3.65. The number of halogens is 1. The second kappa shape index (κ2) is 7.81. The van der Waals surface area contributed by atoms with Crippen LogP contribution in [0.3, 0.4) is 0 Å². The number of carbonyl (C=O) groups is 2. The van der Waals surface area contributed by atoms with E-state index < -0.39 is 20.8 Å². The fraction of sp³-hybridized carbons (Fsp3) is 0.818. The van der Waals surface area contributed by atoms with Gasteiger partial charge < -0.3 is 5.32 Å². The van der Waals surface area contributed by atoms with Crippen LogP contribution in [0.15, 0.2) is 0 Å². The number of amides is 1. The summed E-state index contributed by atoms with van der Waals surface area (Å²) in [6.45, 7) is 4.92. The highest BCUT2D eigenvalue weighted by atomic mass is 35.5. The molecule has 0 rings (SSSR count). The van der Waals surface area contributed by atoms with Crippen LogP contribution in [-0.2, 0) is 23.9 Å². The average molecular weight is 314 g/mol. The van der Waals surface area contributed by atoms with E-state index in [0.717, 1.165) is 0 Å². The van der Waals surface area contributed by atoms with Gasteiger partial charge in [0.15, 0.2) is 0 Å². The third-order valence-electron chi connectivity index (χ3n) is 2.19. The second-order valence-electron chi connectivity index (χ2n) is 5.06. The van der Waals surface area contributed by atoms with Crippen molar-refractivity contribution in [1.82, 2.24) is 5.32 Å². The molecule has 0 fully saturated rings. The highest BCUT2D eigenvalue weighted by Crippen LogP contribution is 2.23. The molecule has 0 aliphatic heterocycles. The van der Waals surface area contributed by atoms with Crippen molar-refractivity contribution in [1.29, 1.82) is 0 Å². The Morgan fingerprint density at radius 2 is 1.89 bits per heavy atom. The van der Waals surface area contributed by atoms with Crippen molar-refractivity contribution in [2.24, 2.45) is 5.41 Å². The summed E-state index contributed by atoms with van der Waals surface area (Å²) in [5.74, 6) is -0.391. The summed E-state index contributed by atoms with van der Waals surface area (Å²) in [7, 11) is -3.65. The molecule has 0 radical (unpaired) electrons. The maximum Gasteiger partial charge on any atom is 0.267 e. The maximum absolute atomic E-state index is 11.6. The molecule has 0 aliphatic carbocycles. The van der Waals surface area contributed by atoms with Crippen molar-refractivity contribution >= 4 is 32.9 Å². The quantitative estimate of drug-likeness (QED) is 0.390. The molecule has 0 aromatic heterocycles. The van der Waals surface area contributed by atoms with E-state index in [4.69, 9.17) is 15.8 Å². The van der Waals surface area contributed by atoms with Crippen molar-refractivity contribution in [3.8, 4) is 0 Å². The summed E-state index contributed by atoms with van der Waals surface area (Å²) >= 11 is 5.26. The van der Waals surface area contributed by atoms with Gasteiger partial charge in [-0.05, 0) is 23.4 Å². The highest BCUT2D eigenvalue weighted by Gasteiger charge is 2.24. The van der Waals surface area contributed by atoms with Gasteiger partial charge in [-0.25, -0.2) is 0 Å². The smallest absolute Gasteiger partial charge is 0.267 e. The first-order valence-corrected chi connectivity index (χ1v) is 7.79. The molecule has 0 unspecified atom stereocenters. The summed E-state index contributed by atoms with van der Waals surface area (Å²) in [6.07, 6.45) is 0.312. The zero-order chi connectivity index (χ0) is 15.1. The first-order chi connectivity index (χ1) is 8.54. The van der Waals surface area contributed by atoms with Crippen LogP contribution in [0, 0.1) is 5.41 Å². The van der Waals surface area contributed by atoms with Gasteiger partial charge in [0, 0.05) is 19.9 Å². The fourth-order valence-corrected chi connectivity index (χ4v) is 2.72. The van der Waals surface area contributed by atoms with E-state index in [2.05, 4.69) is 5.32 Å². The number of nitrogens with one attached hydrogen (secondary N) is 1. The molecule has 6 nitrogen and oxygen atoms in total. The van der Waals surface area contributed by atoms with E-state index in [0.29, 0.717) is 0 Å². The second-order valence-corrected chi connectivity index (χ2v) is 7.24. The van der Waals surface area contributed by atoms with Crippen molar-refractivity contribution in [2.45, 2.75) is 33.6 Å². The zero-order valence-electron chi connectivity index (χ0n) is 11.4. The van der Waals surface area contributed by atoms with Crippen LogP contribution >= 0.6 is 11.6 Å². The van der Waals surface area contributed by atoms with Crippen molar-refractivity contribution < 1.29 is 22.2 Å². The van der Waals surface area contributed by atoms with E-state index in [-0.39, 0.29) is 37.7 Å². The van der Waals surface area contributed by atoms with Crippen LogP contribution in [-0.4, -0.2) is 38.5 Å². The van der Waals surface area contributed by atoms with E-state index in [9.17, 15) is 18.0 Å². The third kappa shape index (κ3) is 10.9. The normalized spacial score (nSPS) is 12.2. The monoisotopic (exact) mass is 313 g/mol. The van der Waals surface area contributed by atoms with E-state index in [1.165, 1.54) is 6.92 Å². The van der Waals surface area contributed by atoms with Gasteiger partial charge in [-0.15, -0.1) is 0 Å². The molecule has 0 aliphatic rings. The van der Waals surface area contributed by atoms with Gasteiger partial charge in [-0.2, -0.15) is 8.42 Å². The number of hydrogen-bond acceptors (Lipinski definition) is 5. The Hall–Kier alpha value is -0.660. The fourth-order valence-electron chi connectivity index (χ4n) is 1.25. The van der Waals surface area contributed by atoms with Crippen LogP contribution < -0.4 is 5.32 Å². The molecule has 0 saturated carbocycles. The molecule has 1 amide bonds. The Balaban J connectivity index is 4.09. The molecule has 0 atom stereocenters. The lowest BCUT2D eigenvalue weighted by Crippen LogP contribution is -2.27. The standard InChI is InChI=1S/C11H20ClNO5S/c1-9(14)13-5-4-6-19(16,17)18-8-11(2,3)7-10(12)15/h4-8H2,1-3H3,(H,13,14). The van der Waals surface area contributed by atoms with Gasteiger partial charge in [0.25, 0.3) is 10.1 Å². The lowest BCUT2D eigenvalue weighted by Gasteiger charge is -2.21. The summed E-state index contributed by atoms with van der Waals surface area (Å²) in [5.41, 5.74) is -0.635. The molecule has 0 aromatic rings. The molecule has 0 bridgehead atoms. The molecule has 8 heteroatoms. The summed E-state index contributed by atoms with van der Waals surface area (Å²) in [5, 5.41) is 1.96. The van der Waals surface area contributed by atoms with Gasteiger partial charge in [-0.1, -0.05) is 13.8 Å². The topological polar surface area (TPSA) is 89.5 Å². The molecule has 0 saturated heterocycles. The molecule has 0 aromatic carbocycles. The molecule has 0 spiro atoms. The molecule has 1 N–H and O–H groups in total. The van der Waals surface area contributed by atoms with E-state index in [1.807, 2.05) is 0 Å². The maximum atomic E-state index is 11.6. The molecular formula is C11H20ClNO5S. The molecule has 19 heavy (non-hydrogen) atoms. The first-order valence-electron chi connectivity index (χ1n) is 5.84. The van der Waals surface area contributed by atoms with Crippen LogP contribution in [0.4, 0.5) is 0 Å². The number of hydrogen-bond donors (Lipinski definition) is 1. The molecular weight excluding hydrogens is 294 g/mol. The number of carbonyl (C=O) groups excluding carboxylic acids is 2. The Bertz CT molecular complexity index is 419. The lowest BCUT2D eigenvalue weighted by molar-refractivity contribution is -0.119. The van der Waals surface area contributed by atoms with Crippen molar-refractivity contribution in [3.05, 3.63) is 0 Å². The van der Waals surface area contributed by atoms with Gasteiger partial charge in [0.1, 0.15) is 0 Å². The van der Waals surface area contributed by atoms with E-state index in [1.54, 1.807) is 13.8 Å². The lowest BCUT2D eigenvalue weighted by atomic mass is 9.91. The van der Waals surface area contributed by atoms with Crippen LogP contribution in [0.25, 0.3) is 0 Å². The van der Waals surface area contributed by atoms with E-state index >= 15 is 0 Å². The molecule has 0 heterocycles. The van der Waals surface area contributed by atoms with Gasteiger partial charge in [-0.3, -0.25) is 13.8 Å². The third-order valence-corrected chi connectivity index (χ3v) is 3.59. The Morgan fingerprint density at radius 3 is 2.37 bits per heavy atom.